The van der Waals surface area contributed by atoms with Crippen LogP contribution >= 0.6 is 11.6 Å². The third-order valence-electron chi connectivity index (χ3n) is 4.73. The third-order valence-corrected chi connectivity index (χ3v) is 4.97. The largest absolute Gasteiger partial charge is 0.339 e. The molecule has 1 N–H and O–H groups in total. The van der Waals surface area contributed by atoms with E-state index in [4.69, 9.17) is 16.1 Å². The first kappa shape index (κ1) is 18.4. The van der Waals surface area contributed by atoms with E-state index in [9.17, 15) is 9.18 Å². The van der Waals surface area contributed by atoms with Crippen LogP contribution in [0.15, 0.2) is 53.1 Å². The maximum Gasteiger partial charge on any atom is 0.321 e. The Hall–Kier alpha value is -2.93. The number of carbonyl (C=O) groups excluding carboxylic acids is 1. The van der Waals surface area contributed by atoms with Crippen molar-refractivity contribution >= 4 is 23.3 Å². The predicted molar refractivity (Wildman–Crippen MR) is 104 cm³/mol. The molecule has 2 amide bonds. The van der Waals surface area contributed by atoms with Crippen molar-refractivity contribution in [1.29, 1.82) is 0 Å². The number of urea groups is 1. The lowest BCUT2D eigenvalue weighted by atomic mass is 9.97. The Kier molecular flexibility index (Phi) is 5.25. The molecule has 0 atom stereocenters. The van der Waals surface area contributed by atoms with Crippen LogP contribution in [0.1, 0.15) is 24.7 Å². The molecule has 2 heterocycles. The second-order valence-corrected chi connectivity index (χ2v) is 7.10. The molecule has 28 heavy (non-hydrogen) atoms. The summed E-state index contributed by atoms with van der Waals surface area (Å²) in [7, 11) is 0. The molecule has 1 aliphatic heterocycles. The van der Waals surface area contributed by atoms with Gasteiger partial charge in [0.1, 0.15) is 5.82 Å². The Morgan fingerprint density at radius 1 is 1.18 bits per heavy atom. The average molecular weight is 401 g/mol. The molecule has 0 saturated carbocycles. The molecule has 0 aliphatic carbocycles. The van der Waals surface area contributed by atoms with E-state index in [-0.39, 0.29) is 17.8 Å². The van der Waals surface area contributed by atoms with Crippen LogP contribution in [0.2, 0.25) is 5.02 Å². The number of benzene rings is 2. The summed E-state index contributed by atoms with van der Waals surface area (Å²) < 4.78 is 18.7. The van der Waals surface area contributed by atoms with Gasteiger partial charge in [0, 0.05) is 35.3 Å². The number of nitrogens with one attached hydrogen (secondary N) is 1. The maximum atomic E-state index is 13.2. The van der Waals surface area contributed by atoms with Gasteiger partial charge in [0.05, 0.1) is 0 Å². The van der Waals surface area contributed by atoms with E-state index in [1.807, 2.05) is 12.1 Å². The van der Waals surface area contributed by atoms with Gasteiger partial charge in [-0.2, -0.15) is 4.98 Å². The van der Waals surface area contributed by atoms with Gasteiger partial charge in [-0.1, -0.05) is 35.0 Å². The molecular weight excluding hydrogens is 383 g/mol. The summed E-state index contributed by atoms with van der Waals surface area (Å²) >= 11 is 6.01. The Morgan fingerprint density at radius 2 is 1.96 bits per heavy atom. The highest BCUT2D eigenvalue weighted by molar-refractivity contribution is 6.30. The summed E-state index contributed by atoms with van der Waals surface area (Å²) in [5, 5.41) is 7.38. The van der Waals surface area contributed by atoms with Crippen molar-refractivity contribution in [2.24, 2.45) is 0 Å². The second kappa shape index (κ2) is 7.98. The summed E-state index contributed by atoms with van der Waals surface area (Å²) in [5.41, 5.74) is 1.24. The number of carbonyl (C=O) groups is 1. The third kappa shape index (κ3) is 4.14. The monoisotopic (exact) mass is 400 g/mol. The van der Waals surface area contributed by atoms with E-state index in [2.05, 4.69) is 15.5 Å². The van der Waals surface area contributed by atoms with E-state index in [0.29, 0.717) is 48.4 Å². The van der Waals surface area contributed by atoms with Crippen molar-refractivity contribution in [3.05, 3.63) is 65.3 Å². The van der Waals surface area contributed by atoms with Gasteiger partial charge in [-0.05, 0) is 43.2 Å². The van der Waals surface area contributed by atoms with Gasteiger partial charge >= 0.3 is 6.03 Å². The first-order chi connectivity index (χ1) is 13.6. The minimum Gasteiger partial charge on any atom is -0.339 e. The zero-order valence-corrected chi connectivity index (χ0v) is 15.7. The fourth-order valence-corrected chi connectivity index (χ4v) is 3.43. The standard InChI is InChI=1S/C20H18ClFN4O2/c21-15-4-1-3-14(11-15)18-24-19(28-25-18)13-7-9-26(10-8-13)20(27)23-17-6-2-5-16(22)12-17/h1-6,11-13H,7-10H2,(H,23,27). The zero-order valence-electron chi connectivity index (χ0n) is 14.9. The number of amides is 2. The molecule has 0 unspecified atom stereocenters. The van der Waals surface area contributed by atoms with Crippen LogP contribution in [0.3, 0.4) is 0 Å². The Balaban J connectivity index is 1.36. The molecule has 1 saturated heterocycles. The minimum atomic E-state index is -0.386. The molecular formula is C20H18ClFN4O2. The number of halogens is 2. The smallest absolute Gasteiger partial charge is 0.321 e. The first-order valence-electron chi connectivity index (χ1n) is 8.99. The van der Waals surface area contributed by atoms with Crippen LogP contribution in [-0.4, -0.2) is 34.2 Å². The molecule has 4 rings (SSSR count). The van der Waals surface area contributed by atoms with E-state index < -0.39 is 0 Å². The van der Waals surface area contributed by atoms with Gasteiger partial charge in [-0.15, -0.1) is 0 Å². The van der Waals surface area contributed by atoms with Crippen LogP contribution in [-0.2, 0) is 0 Å². The predicted octanol–water partition coefficient (Wildman–Crippen LogP) is 4.94. The highest BCUT2D eigenvalue weighted by atomic mass is 35.5. The molecule has 0 spiro atoms. The maximum absolute atomic E-state index is 13.2. The van der Waals surface area contributed by atoms with Gasteiger partial charge < -0.3 is 14.7 Å². The van der Waals surface area contributed by atoms with Crippen LogP contribution in [0, 0.1) is 5.82 Å². The molecule has 1 fully saturated rings. The lowest BCUT2D eigenvalue weighted by molar-refractivity contribution is 0.187. The molecule has 6 nitrogen and oxygen atoms in total. The molecule has 2 aromatic carbocycles. The van der Waals surface area contributed by atoms with Crippen molar-refractivity contribution < 1.29 is 13.7 Å². The Bertz CT molecular complexity index is 986. The van der Waals surface area contributed by atoms with E-state index in [1.165, 1.54) is 12.1 Å². The van der Waals surface area contributed by atoms with E-state index in [1.54, 1.807) is 29.2 Å². The molecule has 1 aromatic heterocycles. The fourth-order valence-electron chi connectivity index (χ4n) is 3.24. The summed E-state index contributed by atoms with van der Waals surface area (Å²) in [5.74, 6) is 0.783. The number of piperidine rings is 1. The zero-order chi connectivity index (χ0) is 19.5. The molecule has 1 aliphatic rings. The van der Waals surface area contributed by atoms with Gasteiger partial charge in [0.25, 0.3) is 0 Å². The first-order valence-corrected chi connectivity index (χ1v) is 9.37. The van der Waals surface area contributed by atoms with Crippen molar-refractivity contribution in [3.63, 3.8) is 0 Å². The topological polar surface area (TPSA) is 71.3 Å². The number of anilines is 1. The SMILES string of the molecule is O=C(Nc1cccc(F)c1)N1CCC(c2nc(-c3cccc(Cl)c3)no2)CC1. The number of likely N-dealkylation sites (tertiary alicyclic amines) is 1. The van der Waals surface area contributed by atoms with Crippen LogP contribution in [0.4, 0.5) is 14.9 Å². The minimum absolute atomic E-state index is 0.0960. The number of rotatable bonds is 3. The molecule has 0 bridgehead atoms. The lowest BCUT2D eigenvalue weighted by Crippen LogP contribution is -2.40. The number of aromatic nitrogens is 2. The van der Waals surface area contributed by atoms with Gasteiger partial charge in [0.15, 0.2) is 0 Å². The molecule has 3 aromatic rings. The van der Waals surface area contributed by atoms with Crippen molar-refractivity contribution in [2.45, 2.75) is 18.8 Å². The van der Waals surface area contributed by atoms with Gasteiger partial charge in [0.2, 0.25) is 11.7 Å². The summed E-state index contributed by atoms with van der Waals surface area (Å²) in [4.78, 5) is 18.6. The summed E-state index contributed by atoms with van der Waals surface area (Å²) in [6.45, 7) is 1.11. The fraction of sp³-hybridized carbons (Fsp3) is 0.250. The van der Waals surface area contributed by atoms with Crippen LogP contribution < -0.4 is 5.32 Å². The van der Waals surface area contributed by atoms with Crippen molar-refractivity contribution in [2.75, 3.05) is 18.4 Å². The quantitative estimate of drug-likeness (QED) is 0.675. The summed E-state index contributed by atoms with van der Waals surface area (Å²) in [6, 6.07) is 12.9. The van der Waals surface area contributed by atoms with Crippen LogP contribution in [0.25, 0.3) is 11.4 Å². The number of hydrogen-bond acceptors (Lipinski definition) is 4. The normalized spacial score (nSPS) is 14.9. The van der Waals surface area contributed by atoms with Crippen molar-refractivity contribution in [1.82, 2.24) is 15.0 Å². The molecule has 144 valence electrons. The second-order valence-electron chi connectivity index (χ2n) is 6.67. The average Bonchev–Trinajstić information content (AvgIpc) is 3.18. The van der Waals surface area contributed by atoms with E-state index in [0.717, 1.165) is 5.56 Å². The van der Waals surface area contributed by atoms with Crippen LogP contribution in [0.5, 0.6) is 0 Å². The highest BCUT2D eigenvalue weighted by Crippen LogP contribution is 2.29. The molecule has 8 heteroatoms. The van der Waals surface area contributed by atoms with E-state index >= 15 is 0 Å². The highest BCUT2D eigenvalue weighted by Gasteiger charge is 2.27. The number of hydrogen-bond donors (Lipinski definition) is 1. The lowest BCUT2D eigenvalue weighted by Gasteiger charge is -2.30. The van der Waals surface area contributed by atoms with Crippen molar-refractivity contribution in [3.8, 4) is 11.4 Å². The number of nitrogens with zero attached hydrogens (tertiary/aromatic N) is 3. The van der Waals surface area contributed by atoms with Gasteiger partial charge in [-0.25, -0.2) is 9.18 Å². The summed E-state index contributed by atoms with van der Waals surface area (Å²) in [6.07, 6.45) is 1.43. The Labute approximate surface area is 166 Å². The van der Waals surface area contributed by atoms with Gasteiger partial charge in [-0.3, -0.25) is 0 Å². The Morgan fingerprint density at radius 3 is 2.71 bits per heavy atom. The molecule has 0 radical (unpaired) electrons.